The van der Waals surface area contributed by atoms with Crippen LogP contribution in [0.15, 0.2) is 61.1 Å². The first-order chi connectivity index (χ1) is 17.3. The summed E-state index contributed by atoms with van der Waals surface area (Å²) in [5.41, 5.74) is 4.04. The van der Waals surface area contributed by atoms with Gasteiger partial charge in [0.2, 0.25) is 0 Å². The van der Waals surface area contributed by atoms with Crippen LogP contribution in [0.25, 0.3) is 22.3 Å². The van der Waals surface area contributed by atoms with Gasteiger partial charge in [-0.25, -0.2) is 15.0 Å². The number of aliphatic hydroxyl groups is 1. The van der Waals surface area contributed by atoms with E-state index >= 15 is 0 Å². The molecular formula is C27H29N7O. The Morgan fingerprint density at radius 1 is 1.06 bits per heavy atom. The highest BCUT2D eigenvalue weighted by Crippen LogP contribution is 2.44. The largest absolute Gasteiger partial charge is 0.394 e. The molecule has 8 heteroatoms. The van der Waals surface area contributed by atoms with Gasteiger partial charge >= 0.3 is 0 Å². The first-order valence-electron chi connectivity index (χ1n) is 12.3. The maximum atomic E-state index is 9.97. The van der Waals surface area contributed by atoms with Gasteiger partial charge in [0.1, 0.15) is 11.6 Å². The number of aromatic nitrogens is 4. The Morgan fingerprint density at radius 3 is 2.66 bits per heavy atom. The summed E-state index contributed by atoms with van der Waals surface area (Å²) in [5.74, 6) is 2.89. The molecule has 2 fully saturated rings. The standard InChI is InChI=1S/C27H29N7O/c35-17-23(19-4-2-1-3-5-19)31-24-14-20(8-9-30-24)26-32-22-16-29-15-21(18-6-7-18)25(22)27(33-26)34-12-10-28-11-13-34/h1-5,8-9,14-16,18,23,28,35H,6-7,10-13,17H2,(H,30,31)/t23-/m0/s1. The fourth-order valence-electron chi connectivity index (χ4n) is 4.77. The number of rotatable bonds is 7. The average Bonchev–Trinajstić information content (AvgIpc) is 3.77. The molecule has 4 aromatic rings. The lowest BCUT2D eigenvalue weighted by molar-refractivity contribution is 0.276. The number of nitrogens with zero attached hydrogens (tertiary/aromatic N) is 5. The van der Waals surface area contributed by atoms with E-state index in [1.807, 2.05) is 54.9 Å². The smallest absolute Gasteiger partial charge is 0.162 e. The normalized spacial score (nSPS) is 16.9. The number of hydrogen-bond donors (Lipinski definition) is 3. The molecule has 1 saturated heterocycles. The van der Waals surface area contributed by atoms with E-state index in [0.717, 1.165) is 54.0 Å². The molecule has 1 aliphatic heterocycles. The molecule has 0 radical (unpaired) electrons. The molecule has 1 saturated carbocycles. The van der Waals surface area contributed by atoms with E-state index in [-0.39, 0.29) is 12.6 Å². The summed E-state index contributed by atoms with van der Waals surface area (Å²) in [4.78, 5) is 21.4. The van der Waals surface area contributed by atoms with Crippen LogP contribution in [0.5, 0.6) is 0 Å². The Kier molecular flexibility index (Phi) is 5.98. The summed E-state index contributed by atoms with van der Waals surface area (Å²) < 4.78 is 0. The summed E-state index contributed by atoms with van der Waals surface area (Å²) in [6.45, 7) is 3.67. The third-order valence-electron chi connectivity index (χ3n) is 6.78. The highest BCUT2D eigenvalue weighted by molar-refractivity contribution is 5.94. The van der Waals surface area contributed by atoms with E-state index in [9.17, 15) is 5.11 Å². The summed E-state index contributed by atoms with van der Waals surface area (Å²) in [6.07, 6.45) is 8.03. The van der Waals surface area contributed by atoms with E-state index in [1.165, 1.54) is 18.4 Å². The van der Waals surface area contributed by atoms with Crippen LogP contribution < -0.4 is 15.5 Å². The van der Waals surface area contributed by atoms with Crippen molar-refractivity contribution < 1.29 is 5.11 Å². The predicted octanol–water partition coefficient (Wildman–Crippen LogP) is 3.52. The fraction of sp³-hybridized carbons (Fsp3) is 0.333. The minimum absolute atomic E-state index is 0.0366. The lowest BCUT2D eigenvalue weighted by Gasteiger charge is -2.30. The average molecular weight is 468 g/mol. The van der Waals surface area contributed by atoms with Crippen LogP contribution in [0.1, 0.15) is 35.9 Å². The van der Waals surface area contributed by atoms with Gasteiger partial charge in [0, 0.05) is 49.5 Å². The Labute approximate surface area is 204 Å². The number of aliphatic hydroxyl groups excluding tert-OH is 1. The number of anilines is 2. The number of fused-ring (bicyclic) bond motifs is 1. The van der Waals surface area contributed by atoms with Crippen molar-refractivity contribution in [1.82, 2.24) is 25.3 Å². The first-order valence-corrected chi connectivity index (χ1v) is 12.3. The maximum absolute atomic E-state index is 9.97. The molecule has 1 aromatic carbocycles. The van der Waals surface area contributed by atoms with Crippen molar-refractivity contribution in [2.24, 2.45) is 0 Å². The zero-order chi connectivity index (χ0) is 23.6. The monoisotopic (exact) mass is 467 g/mol. The van der Waals surface area contributed by atoms with Crippen molar-refractivity contribution in [3.63, 3.8) is 0 Å². The maximum Gasteiger partial charge on any atom is 0.162 e. The van der Waals surface area contributed by atoms with Gasteiger partial charge in [-0.1, -0.05) is 30.3 Å². The third-order valence-corrected chi connectivity index (χ3v) is 6.78. The summed E-state index contributed by atoms with van der Waals surface area (Å²) in [5, 5.41) is 17.9. The van der Waals surface area contributed by atoms with Gasteiger partial charge in [0.15, 0.2) is 5.82 Å². The molecule has 8 nitrogen and oxygen atoms in total. The van der Waals surface area contributed by atoms with Crippen molar-refractivity contribution in [3.8, 4) is 11.4 Å². The molecule has 1 aliphatic carbocycles. The van der Waals surface area contributed by atoms with E-state index in [4.69, 9.17) is 9.97 Å². The van der Waals surface area contributed by atoms with Gasteiger partial charge < -0.3 is 20.6 Å². The summed E-state index contributed by atoms with van der Waals surface area (Å²) in [7, 11) is 0. The Balaban J connectivity index is 1.40. The zero-order valence-electron chi connectivity index (χ0n) is 19.6. The van der Waals surface area contributed by atoms with Gasteiger partial charge in [0.25, 0.3) is 0 Å². The SMILES string of the molecule is OC[C@H](Nc1cc(-c2nc(N3CCNCC3)c3c(C4CC4)cncc3n2)ccn1)c1ccccc1. The van der Waals surface area contributed by atoms with E-state index in [2.05, 4.69) is 25.5 Å². The van der Waals surface area contributed by atoms with Crippen LogP contribution in [0.2, 0.25) is 0 Å². The van der Waals surface area contributed by atoms with Crippen molar-refractivity contribution in [3.05, 3.63) is 72.2 Å². The molecule has 4 heterocycles. The van der Waals surface area contributed by atoms with Crippen LogP contribution >= 0.6 is 0 Å². The zero-order valence-corrected chi connectivity index (χ0v) is 19.6. The molecule has 0 unspecified atom stereocenters. The third kappa shape index (κ3) is 4.54. The number of nitrogens with one attached hydrogen (secondary N) is 2. The molecular weight excluding hydrogens is 438 g/mol. The molecule has 0 spiro atoms. The number of benzene rings is 1. The molecule has 178 valence electrons. The van der Waals surface area contributed by atoms with Crippen molar-refractivity contribution >= 4 is 22.5 Å². The predicted molar refractivity (Wildman–Crippen MR) is 138 cm³/mol. The van der Waals surface area contributed by atoms with Crippen LogP contribution in [0.3, 0.4) is 0 Å². The number of pyridine rings is 2. The second-order valence-corrected chi connectivity index (χ2v) is 9.22. The molecule has 2 aliphatic rings. The number of hydrogen-bond acceptors (Lipinski definition) is 8. The van der Waals surface area contributed by atoms with Crippen LogP contribution in [0.4, 0.5) is 11.6 Å². The van der Waals surface area contributed by atoms with Crippen LogP contribution in [0, 0.1) is 0 Å². The molecule has 1 atom stereocenters. The topological polar surface area (TPSA) is 99.1 Å². The quantitative estimate of drug-likeness (QED) is 0.380. The first kappa shape index (κ1) is 21.9. The summed E-state index contributed by atoms with van der Waals surface area (Å²) in [6, 6.07) is 13.5. The van der Waals surface area contributed by atoms with E-state index in [0.29, 0.717) is 17.6 Å². The van der Waals surface area contributed by atoms with Crippen LogP contribution in [-0.4, -0.2) is 57.8 Å². The van der Waals surface area contributed by atoms with Gasteiger partial charge in [-0.2, -0.15) is 0 Å². The second kappa shape index (κ2) is 9.56. The second-order valence-electron chi connectivity index (χ2n) is 9.22. The minimum atomic E-state index is -0.252. The Morgan fingerprint density at radius 2 is 1.89 bits per heavy atom. The lowest BCUT2D eigenvalue weighted by Crippen LogP contribution is -2.44. The van der Waals surface area contributed by atoms with Gasteiger partial charge in [-0.3, -0.25) is 4.98 Å². The van der Waals surface area contributed by atoms with Crippen molar-refractivity contribution in [2.45, 2.75) is 24.8 Å². The summed E-state index contributed by atoms with van der Waals surface area (Å²) >= 11 is 0. The van der Waals surface area contributed by atoms with Crippen molar-refractivity contribution in [2.75, 3.05) is 43.0 Å². The minimum Gasteiger partial charge on any atom is -0.394 e. The molecule has 3 N–H and O–H groups in total. The highest BCUT2D eigenvalue weighted by atomic mass is 16.3. The van der Waals surface area contributed by atoms with Crippen LogP contribution in [-0.2, 0) is 0 Å². The molecule has 35 heavy (non-hydrogen) atoms. The van der Waals surface area contributed by atoms with Gasteiger partial charge in [-0.15, -0.1) is 0 Å². The number of piperazine rings is 1. The molecule has 6 rings (SSSR count). The Bertz CT molecular complexity index is 1320. The van der Waals surface area contributed by atoms with Gasteiger partial charge in [0.05, 0.1) is 24.4 Å². The fourth-order valence-corrected chi connectivity index (χ4v) is 4.77. The molecule has 0 bridgehead atoms. The van der Waals surface area contributed by atoms with E-state index < -0.39 is 0 Å². The van der Waals surface area contributed by atoms with Crippen molar-refractivity contribution in [1.29, 1.82) is 0 Å². The highest BCUT2D eigenvalue weighted by Gasteiger charge is 2.29. The Hall–Kier alpha value is -3.62. The molecule has 3 aromatic heterocycles. The lowest BCUT2D eigenvalue weighted by atomic mass is 10.1. The molecule has 0 amide bonds. The van der Waals surface area contributed by atoms with Gasteiger partial charge in [-0.05, 0) is 42.0 Å². The van der Waals surface area contributed by atoms with E-state index in [1.54, 1.807) is 6.20 Å².